The number of anilines is 1. The molecule has 2 N–H and O–H groups in total. The zero-order valence-electron chi connectivity index (χ0n) is 14.7. The summed E-state index contributed by atoms with van der Waals surface area (Å²) in [5, 5.41) is 15.3. The molecule has 5 rings (SSSR count). The fraction of sp³-hybridized carbons (Fsp3) is 0.263. The maximum Gasteiger partial charge on any atom is 0.285 e. The highest BCUT2D eigenvalue weighted by atomic mass is 15.6. The Morgan fingerprint density at radius 2 is 2.08 bits per heavy atom. The minimum Gasteiger partial charge on any atom is -0.293 e. The van der Waals surface area contributed by atoms with E-state index in [0.717, 1.165) is 49.2 Å². The summed E-state index contributed by atoms with van der Waals surface area (Å²) < 4.78 is 0. The van der Waals surface area contributed by atoms with Crippen molar-refractivity contribution in [2.24, 2.45) is 4.99 Å². The molecule has 0 bridgehead atoms. The first kappa shape index (κ1) is 15.4. The number of H-pyrrole nitrogens is 1. The number of aryl methyl sites for hydroxylation is 1. The molecule has 1 radical (unpaired) electrons. The van der Waals surface area contributed by atoms with Gasteiger partial charge in [-0.15, -0.1) is 0 Å². The number of aromatic amines is 1. The number of hydrogen-bond acceptors (Lipinski definition) is 6. The molecule has 7 nitrogen and oxygen atoms in total. The Balaban J connectivity index is 1.42. The van der Waals surface area contributed by atoms with Crippen molar-refractivity contribution in [3.8, 4) is 0 Å². The van der Waals surface area contributed by atoms with Gasteiger partial charge in [-0.2, -0.15) is 10.1 Å². The summed E-state index contributed by atoms with van der Waals surface area (Å²) in [6.07, 6.45) is 7.04. The van der Waals surface area contributed by atoms with Gasteiger partial charge in [-0.25, -0.2) is 5.01 Å². The molecule has 1 aromatic carbocycles. The van der Waals surface area contributed by atoms with Crippen LogP contribution in [0.1, 0.15) is 16.8 Å². The van der Waals surface area contributed by atoms with Gasteiger partial charge in [-0.05, 0) is 29.4 Å². The summed E-state index contributed by atoms with van der Waals surface area (Å²) in [4.78, 5) is 6.61. The molecule has 2 aromatic rings. The molecule has 1 aromatic heterocycles. The van der Waals surface area contributed by atoms with Crippen LogP contribution in [0, 0.1) is 6.92 Å². The van der Waals surface area contributed by atoms with Gasteiger partial charge in [0.1, 0.15) is 12.7 Å². The van der Waals surface area contributed by atoms with Gasteiger partial charge in [0.15, 0.2) is 12.0 Å². The monoisotopic (exact) mass is 347 g/mol. The van der Waals surface area contributed by atoms with E-state index < -0.39 is 0 Å². The number of nitrogens with zero attached hydrogens (tertiary/aromatic N) is 5. The van der Waals surface area contributed by atoms with Crippen LogP contribution in [0.5, 0.6) is 0 Å². The van der Waals surface area contributed by atoms with Crippen LogP contribution in [0.3, 0.4) is 0 Å². The lowest BCUT2D eigenvalue weighted by molar-refractivity contribution is 0.0169. The number of amidine groups is 1. The van der Waals surface area contributed by atoms with E-state index in [1.165, 1.54) is 11.1 Å². The molecule has 0 saturated carbocycles. The summed E-state index contributed by atoms with van der Waals surface area (Å²) in [5.74, 6) is 2.77. The average Bonchev–Trinajstić information content (AvgIpc) is 3.30. The molecule has 0 unspecified atom stereocenters. The number of nitrogens with one attached hydrogen (secondary N) is 2. The van der Waals surface area contributed by atoms with E-state index in [2.05, 4.69) is 65.9 Å². The third-order valence-electron chi connectivity index (χ3n) is 4.99. The van der Waals surface area contributed by atoms with Crippen molar-refractivity contribution < 1.29 is 0 Å². The van der Waals surface area contributed by atoms with E-state index in [4.69, 9.17) is 0 Å². The van der Waals surface area contributed by atoms with Crippen molar-refractivity contribution in [2.75, 3.05) is 18.4 Å². The fourth-order valence-corrected chi connectivity index (χ4v) is 3.65. The van der Waals surface area contributed by atoms with Crippen molar-refractivity contribution in [3.05, 3.63) is 71.6 Å². The van der Waals surface area contributed by atoms with Crippen LogP contribution in [0.25, 0.3) is 0 Å². The zero-order chi connectivity index (χ0) is 17.5. The number of aliphatic imine (C=N–C) groups is 1. The van der Waals surface area contributed by atoms with Gasteiger partial charge in [-0.3, -0.25) is 15.4 Å². The van der Waals surface area contributed by atoms with Crippen LogP contribution in [-0.2, 0) is 13.0 Å². The number of fused-ring (bicyclic) bond motifs is 2. The van der Waals surface area contributed by atoms with Crippen LogP contribution < -0.4 is 10.2 Å². The Hall–Kier alpha value is -2.90. The van der Waals surface area contributed by atoms with Gasteiger partial charge in [-0.1, -0.05) is 24.3 Å². The highest BCUT2D eigenvalue weighted by molar-refractivity contribution is 5.93. The first-order valence-corrected chi connectivity index (χ1v) is 8.88. The highest BCUT2D eigenvalue weighted by Gasteiger charge is 2.39. The molecule has 0 atom stereocenters. The number of rotatable bonds is 3. The molecule has 3 aliphatic rings. The topological polar surface area (TPSA) is 65.4 Å². The summed E-state index contributed by atoms with van der Waals surface area (Å²) >= 11 is 0. The fourth-order valence-electron chi connectivity index (χ4n) is 3.65. The van der Waals surface area contributed by atoms with Crippen molar-refractivity contribution >= 4 is 11.7 Å². The van der Waals surface area contributed by atoms with E-state index in [0.29, 0.717) is 0 Å². The quantitative estimate of drug-likeness (QED) is 0.836. The lowest BCUT2D eigenvalue weighted by Gasteiger charge is -2.38. The second-order valence-electron chi connectivity index (χ2n) is 6.79. The van der Waals surface area contributed by atoms with Crippen LogP contribution in [0.2, 0.25) is 0 Å². The first-order chi connectivity index (χ1) is 12.8. The van der Waals surface area contributed by atoms with Crippen LogP contribution in [0.15, 0.2) is 59.7 Å². The molecule has 4 heterocycles. The zero-order valence-corrected chi connectivity index (χ0v) is 14.7. The average molecular weight is 347 g/mol. The molecule has 131 valence electrons. The number of hydrogen-bond donors (Lipinski definition) is 2. The lowest BCUT2D eigenvalue weighted by atomic mass is 10.0. The standard InChI is InChI=1S/C19H21N7/c1-14-10-17(23-22-14)21-19-13-25(12-18-20-7-9-26(18)19)24-8-6-15-4-2-3-5-16(15)11-24/h2-5,7,9-10,13H,6,8,11-12H2,1H3,(H2,21,22,23)/q+1. The number of hydrazine groups is 1. The predicted octanol–water partition coefficient (Wildman–Crippen LogP) is 2.24. The van der Waals surface area contributed by atoms with E-state index in [1.54, 1.807) is 0 Å². The van der Waals surface area contributed by atoms with Crippen LogP contribution in [-0.4, -0.2) is 39.1 Å². The van der Waals surface area contributed by atoms with Gasteiger partial charge >= 0.3 is 0 Å². The summed E-state index contributed by atoms with van der Waals surface area (Å²) in [7, 11) is 0. The Morgan fingerprint density at radius 3 is 2.92 bits per heavy atom. The minimum atomic E-state index is 0.764. The number of benzene rings is 1. The Labute approximate surface area is 152 Å². The van der Waals surface area contributed by atoms with E-state index >= 15 is 0 Å². The minimum absolute atomic E-state index is 0.764. The van der Waals surface area contributed by atoms with Gasteiger partial charge in [0.2, 0.25) is 0 Å². The summed E-state index contributed by atoms with van der Waals surface area (Å²) in [6, 6.07) is 10.7. The predicted molar refractivity (Wildman–Crippen MR) is 101 cm³/mol. The van der Waals surface area contributed by atoms with Crippen LogP contribution >= 0.6 is 0 Å². The number of aromatic nitrogens is 2. The second kappa shape index (κ2) is 6.12. The van der Waals surface area contributed by atoms with Crippen LogP contribution in [0.4, 0.5) is 5.82 Å². The second-order valence-corrected chi connectivity index (χ2v) is 6.79. The third-order valence-corrected chi connectivity index (χ3v) is 4.99. The van der Waals surface area contributed by atoms with E-state index in [9.17, 15) is 0 Å². The molecule has 0 fully saturated rings. The molecule has 7 heteroatoms. The summed E-state index contributed by atoms with van der Waals surface area (Å²) in [6.45, 7) is 4.68. The molecule has 26 heavy (non-hydrogen) atoms. The molecular weight excluding hydrogens is 326 g/mol. The van der Waals surface area contributed by atoms with Crippen molar-refractivity contribution in [1.29, 1.82) is 0 Å². The van der Waals surface area contributed by atoms with Gasteiger partial charge in [0.05, 0.1) is 6.20 Å². The third kappa shape index (κ3) is 2.71. The Bertz CT molecular complexity index is 923. The SMILES string of the molecule is Cc1cc(NC2=CN(N3CCc4ccccc4C3)CC3=NC=C[N+]23)n[nH]1. The lowest BCUT2D eigenvalue weighted by Crippen LogP contribution is -2.52. The van der Waals surface area contributed by atoms with Crippen molar-refractivity contribution in [2.45, 2.75) is 19.9 Å². The Morgan fingerprint density at radius 1 is 1.19 bits per heavy atom. The molecule has 0 spiro atoms. The molecular formula is C19H21N7+. The molecule has 0 amide bonds. The van der Waals surface area contributed by atoms with Gasteiger partial charge < -0.3 is 0 Å². The first-order valence-electron chi connectivity index (χ1n) is 8.88. The molecule has 0 saturated heterocycles. The van der Waals surface area contributed by atoms with Crippen molar-refractivity contribution in [3.63, 3.8) is 0 Å². The Kier molecular flexibility index (Phi) is 3.62. The highest BCUT2D eigenvalue weighted by Crippen LogP contribution is 2.24. The summed E-state index contributed by atoms with van der Waals surface area (Å²) in [5.41, 5.74) is 3.88. The molecule has 0 aliphatic carbocycles. The van der Waals surface area contributed by atoms with Gasteiger partial charge in [0, 0.05) is 24.8 Å². The van der Waals surface area contributed by atoms with Gasteiger partial charge in [0.25, 0.3) is 11.7 Å². The van der Waals surface area contributed by atoms with E-state index in [-0.39, 0.29) is 0 Å². The van der Waals surface area contributed by atoms with E-state index in [1.807, 2.05) is 25.4 Å². The maximum absolute atomic E-state index is 4.53. The smallest absolute Gasteiger partial charge is 0.285 e. The largest absolute Gasteiger partial charge is 0.293 e. The van der Waals surface area contributed by atoms with Crippen molar-refractivity contribution in [1.82, 2.24) is 25.1 Å². The molecule has 3 aliphatic heterocycles. The normalized spacial score (nSPS) is 19.8. The maximum atomic E-state index is 4.53.